The lowest BCUT2D eigenvalue weighted by molar-refractivity contribution is 0.474. The molecule has 1 N–H and O–H groups in total. The van der Waals surface area contributed by atoms with E-state index in [0.29, 0.717) is 0 Å². The first-order chi connectivity index (χ1) is 9.10. The topological polar surface area (TPSA) is 21.3 Å². The van der Waals surface area contributed by atoms with E-state index in [-0.39, 0.29) is 0 Å². The largest absolute Gasteiger partial charge is 0.457 e. The third-order valence-electron chi connectivity index (χ3n) is 2.75. The van der Waals surface area contributed by atoms with Crippen molar-refractivity contribution in [2.45, 2.75) is 13.5 Å². The predicted octanol–water partition coefficient (Wildman–Crippen LogP) is 4.92. The quantitative estimate of drug-likeness (QED) is 0.852. The predicted molar refractivity (Wildman–Crippen MR) is 83.2 cm³/mol. The standard InChI is InChI=1S/C15H15BrClNO/c1-10-7-13(4-5-14(10)17)19-15-6-3-12(16)8-11(15)9-18-2/h3-8,18H,9H2,1-2H3. The van der Waals surface area contributed by atoms with Crippen molar-refractivity contribution in [1.82, 2.24) is 5.32 Å². The van der Waals surface area contributed by atoms with Crippen molar-refractivity contribution in [2.24, 2.45) is 0 Å². The lowest BCUT2D eigenvalue weighted by atomic mass is 10.2. The highest BCUT2D eigenvalue weighted by molar-refractivity contribution is 9.10. The molecule has 100 valence electrons. The number of aryl methyl sites for hydroxylation is 1. The van der Waals surface area contributed by atoms with Crippen LogP contribution < -0.4 is 10.1 Å². The van der Waals surface area contributed by atoms with Crippen molar-refractivity contribution in [2.75, 3.05) is 7.05 Å². The summed E-state index contributed by atoms with van der Waals surface area (Å²) in [6.07, 6.45) is 0. The summed E-state index contributed by atoms with van der Waals surface area (Å²) in [5.41, 5.74) is 2.11. The lowest BCUT2D eigenvalue weighted by Gasteiger charge is -2.12. The normalized spacial score (nSPS) is 10.5. The SMILES string of the molecule is CNCc1cc(Br)ccc1Oc1ccc(Cl)c(C)c1. The van der Waals surface area contributed by atoms with Crippen LogP contribution >= 0.6 is 27.5 Å². The fraction of sp³-hybridized carbons (Fsp3) is 0.200. The molecule has 0 unspecified atom stereocenters. The number of ether oxygens (including phenoxy) is 1. The Morgan fingerprint density at radius 3 is 2.68 bits per heavy atom. The Morgan fingerprint density at radius 2 is 2.00 bits per heavy atom. The average molecular weight is 341 g/mol. The zero-order valence-electron chi connectivity index (χ0n) is 10.8. The fourth-order valence-electron chi connectivity index (χ4n) is 1.78. The second-order valence-corrected chi connectivity index (χ2v) is 5.62. The summed E-state index contributed by atoms with van der Waals surface area (Å²) < 4.78 is 6.97. The number of nitrogens with one attached hydrogen (secondary N) is 1. The van der Waals surface area contributed by atoms with Gasteiger partial charge in [-0.1, -0.05) is 27.5 Å². The van der Waals surface area contributed by atoms with E-state index < -0.39 is 0 Å². The molecule has 0 fully saturated rings. The van der Waals surface area contributed by atoms with Crippen LogP contribution in [0.15, 0.2) is 40.9 Å². The van der Waals surface area contributed by atoms with Crippen molar-refractivity contribution in [1.29, 1.82) is 0 Å². The molecule has 4 heteroatoms. The zero-order chi connectivity index (χ0) is 13.8. The molecule has 0 heterocycles. The van der Waals surface area contributed by atoms with E-state index in [1.54, 1.807) is 0 Å². The zero-order valence-corrected chi connectivity index (χ0v) is 13.2. The highest BCUT2D eigenvalue weighted by Gasteiger charge is 2.06. The van der Waals surface area contributed by atoms with Gasteiger partial charge in [-0.05, 0) is 55.9 Å². The van der Waals surface area contributed by atoms with Gasteiger partial charge in [-0.2, -0.15) is 0 Å². The Kier molecular flexibility index (Phi) is 4.86. The fourth-order valence-corrected chi connectivity index (χ4v) is 2.31. The minimum atomic E-state index is 0.749. The molecule has 0 saturated heterocycles. The second-order valence-electron chi connectivity index (χ2n) is 4.30. The molecule has 19 heavy (non-hydrogen) atoms. The second kappa shape index (κ2) is 6.42. The number of rotatable bonds is 4. The molecular formula is C15H15BrClNO. The maximum atomic E-state index is 6.01. The molecule has 0 bridgehead atoms. The number of benzene rings is 2. The molecule has 0 amide bonds. The summed E-state index contributed by atoms with van der Waals surface area (Å²) in [7, 11) is 1.91. The van der Waals surface area contributed by atoms with Gasteiger partial charge in [0, 0.05) is 21.6 Å². The molecule has 0 aliphatic heterocycles. The van der Waals surface area contributed by atoms with E-state index >= 15 is 0 Å². The van der Waals surface area contributed by atoms with Gasteiger partial charge < -0.3 is 10.1 Å². The monoisotopic (exact) mass is 339 g/mol. The molecule has 0 aliphatic carbocycles. The Hall–Kier alpha value is -1.03. The van der Waals surface area contributed by atoms with Gasteiger partial charge in [-0.15, -0.1) is 0 Å². The first kappa shape index (κ1) is 14.4. The van der Waals surface area contributed by atoms with Crippen LogP contribution in [-0.4, -0.2) is 7.05 Å². The Morgan fingerprint density at radius 1 is 1.21 bits per heavy atom. The molecule has 2 nitrogen and oxygen atoms in total. The van der Waals surface area contributed by atoms with Gasteiger partial charge in [0.25, 0.3) is 0 Å². The number of halogens is 2. The molecule has 0 aromatic heterocycles. The highest BCUT2D eigenvalue weighted by atomic mass is 79.9. The van der Waals surface area contributed by atoms with Gasteiger partial charge >= 0.3 is 0 Å². The third-order valence-corrected chi connectivity index (χ3v) is 3.66. The van der Waals surface area contributed by atoms with E-state index in [1.807, 2.05) is 44.3 Å². The van der Waals surface area contributed by atoms with E-state index in [1.165, 1.54) is 0 Å². The molecule has 0 atom stereocenters. The summed E-state index contributed by atoms with van der Waals surface area (Å²) in [5.74, 6) is 1.64. The van der Waals surface area contributed by atoms with Crippen molar-refractivity contribution < 1.29 is 4.74 Å². The van der Waals surface area contributed by atoms with Crippen LogP contribution in [0.3, 0.4) is 0 Å². The van der Waals surface area contributed by atoms with Crippen LogP contribution in [0.5, 0.6) is 11.5 Å². The van der Waals surface area contributed by atoms with Crippen LogP contribution in [0.25, 0.3) is 0 Å². The van der Waals surface area contributed by atoms with Crippen molar-refractivity contribution in [3.63, 3.8) is 0 Å². The molecule has 2 aromatic carbocycles. The minimum Gasteiger partial charge on any atom is -0.457 e. The molecule has 2 rings (SSSR count). The summed E-state index contributed by atoms with van der Waals surface area (Å²) in [4.78, 5) is 0. The Balaban J connectivity index is 2.29. The maximum Gasteiger partial charge on any atom is 0.131 e. The summed E-state index contributed by atoms with van der Waals surface area (Å²) >= 11 is 9.49. The van der Waals surface area contributed by atoms with Gasteiger partial charge in [0.2, 0.25) is 0 Å². The lowest BCUT2D eigenvalue weighted by Crippen LogP contribution is -2.06. The van der Waals surface area contributed by atoms with Crippen LogP contribution in [0.2, 0.25) is 5.02 Å². The van der Waals surface area contributed by atoms with Crippen LogP contribution in [-0.2, 0) is 6.54 Å². The van der Waals surface area contributed by atoms with E-state index in [9.17, 15) is 0 Å². The van der Waals surface area contributed by atoms with Crippen LogP contribution in [0.4, 0.5) is 0 Å². The number of hydrogen-bond donors (Lipinski definition) is 1. The summed E-state index contributed by atoms with van der Waals surface area (Å²) in [5, 5.41) is 3.88. The van der Waals surface area contributed by atoms with Crippen LogP contribution in [0.1, 0.15) is 11.1 Å². The first-order valence-electron chi connectivity index (χ1n) is 5.97. The van der Waals surface area contributed by atoms with E-state index in [0.717, 1.165) is 38.7 Å². The minimum absolute atomic E-state index is 0.749. The Bertz CT molecular complexity index is 586. The highest BCUT2D eigenvalue weighted by Crippen LogP contribution is 2.30. The molecule has 0 spiro atoms. The van der Waals surface area contributed by atoms with Gasteiger partial charge in [0.05, 0.1) is 0 Å². The smallest absolute Gasteiger partial charge is 0.131 e. The van der Waals surface area contributed by atoms with Crippen molar-refractivity contribution in [3.05, 3.63) is 57.0 Å². The van der Waals surface area contributed by atoms with Crippen molar-refractivity contribution in [3.8, 4) is 11.5 Å². The van der Waals surface area contributed by atoms with Gasteiger partial charge in [-0.3, -0.25) is 0 Å². The summed E-state index contributed by atoms with van der Waals surface area (Å²) in [6.45, 7) is 2.71. The third kappa shape index (κ3) is 3.72. The number of hydrogen-bond acceptors (Lipinski definition) is 2. The van der Waals surface area contributed by atoms with Crippen LogP contribution in [0, 0.1) is 6.92 Å². The van der Waals surface area contributed by atoms with Crippen molar-refractivity contribution >= 4 is 27.5 Å². The van der Waals surface area contributed by atoms with E-state index in [4.69, 9.17) is 16.3 Å². The molecular weight excluding hydrogens is 326 g/mol. The molecule has 0 saturated carbocycles. The maximum absolute atomic E-state index is 6.01. The summed E-state index contributed by atoms with van der Waals surface area (Å²) in [6, 6.07) is 11.6. The molecule has 0 aliphatic rings. The Labute approximate surface area is 126 Å². The molecule has 2 aromatic rings. The molecule has 0 radical (unpaired) electrons. The van der Waals surface area contributed by atoms with Gasteiger partial charge in [0.1, 0.15) is 11.5 Å². The van der Waals surface area contributed by atoms with Gasteiger partial charge in [0.15, 0.2) is 0 Å². The van der Waals surface area contributed by atoms with E-state index in [2.05, 4.69) is 27.3 Å². The average Bonchev–Trinajstić information content (AvgIpc) is 2.37. The van der Waals surface area contributed by atoms with Gasteiger partial charge in [-0.25, -0.2) is 0 Å². The first-order valence-corrected chi connectivity index (χ1v) is 7.14.